The molecule has 1 amide bonds. The molecule has 5 heteroatoms. The van der Waals surface area contributed by atoms with E-state index in [2.05, 4.69) is 10.1 Å². The lowest BCUT2D eigenvalue weighted by Crippen LogP contribution is -2.15. The molecule has 3 rings (SSSR count). The first-order valence-electron chi connectivity index (χ1n) is 6.64. The minimum Gasteiger partial charge on any atom is -0.465 e. The van der Waals surface area contributed by atoms with Gasteiger partial charge in [-0.25, -0.2) is 4.79 Å². The average Bonchev–Trinajstić information content (AvgIpc) is 3.18. The van der Waals surface area contributed by atoms with Crippen LogP contribution in [0, 0.1) is 0 Å². The molecule has 2 aromatic rings. The number of methoxy groups -OCH3 is 1. The Hall–Kier alpha value is -2.66. The summed E-state index contributed by atoms with van der Waals surface area (Å²) in [6, 6.07) is 10.8. The van der Waals surface area contributed by atoms with Crippen molar-refractivity contribution < 1.29 is 14.3 Å². The van der Waals surface area contributed by atoms with E-state index in [1.54, 1.807) is 35.6 Å². The lowest BCUT2D eigenvalue weighted by atomic mass is 10.1. The Labute approximate surface area is 131 Å². The second-order valence-corrected chi connectivity index (χ2v) is 5.68. The summed E-state index contributed by atoms with van der Waals surface area (Å²) in [5.41, 5.74) is 2.67. The summed E-state index contributed by atoms with van der Waals surface area (Å²) in [5, 5.41) is 4.81. The van der Waals surface area contributed by atoms with Crippen molar-refractivity contribution >= 4 is 35.0 Å². The second-order valence-electron chi connectivity index (χ2n) is 4.70. The molecule has 1 aliphatic heterocycles. The predicted molar refractivity (Wildman–Crippen MR) is 86.2 cm³/mol. The smallest absolute Gasteiger partial charge is 0.337 e. The van der Waals surface area contributed by atoms with Gasteiger partial charge < -0.3 is 10.1 Å². The Balaban J connectivity index is 1.86. The SMILES string of the molecule is COC(=O)c1ccc(C2=CC(=Cc3cccs3)C(=O)N2)cc1. The number of carbonyl (C=O) groups excluding carboxylic acids is 2. The molecule has 1 aromatic carbocycles. The van der Waals surface area contributed by atoms with E-state index in [4.69, 9.17) is 0 Å². The highest BCUT2D eigenvalue weighted by atomic mass is 32.1. The van der Waals surface area contributed by atoms with E-state index in [-0.39, 0.29) is 11.9 Å². The van der Waals surface area contributed by atoms with Crippen LogP contribution < -0.4 is 5.32 Å². The number of nitrogens with one attached hydrogen (secondary N) is 1. The van der Waals surface area contributed by atoms with Crippen LogP contribution in [0.25, 0.3) is 11.8 Å². The summed E-state index contributed by atoms with van der Waals surface area (Å²) in [6.45, 7) is 0. The topological polar surface area (TPSA) is 55.4 Å². The van der Waals surface area contributed by atoms with Crippen LogP contribution in [-0.2, 0) is 9.53 Å². The van der Waals surface area contributed by atoms with Gasteiger partial charge in [-0.05, 0) is 41.3 Å². The van der Waals surface area contributed by atoms with Crippen LogP contribution in [0.5, 0.6) is 0 Å². The van der Waals surface area contributed by atoms with Crippen molar-refractivity contribution in [1.82, 2.24) is 5.32 Å². The van der Waals surface area contributed by atoms with Gasteiger partial charge in [0.25, 0.3) is 5.91 Å². The lowest BCUT2D eigenvalue weighted by molar-refractivity contribution is -0.115. The highest BCUT2D eigenvalue weighted by Gasteiger charge is 2.19. The minimum atomic E-state index is -0.380. The quantitative estimate of drug-likeness (QED) is 0.700. The molecule has 0 saturated carbocycles. The van der Waals surface area contributed by atoms with Crippen LogP contribution in [0.15, 0.2) is 53.4 Å². The van der Waals surface area contributed by atoms with Gasteiger partial charge in [0, 0.05) is 16.1 Å². The van der Waals surface area contributed by atoms with E-state index < -0.39 is 0 Å². The minimum absolute atomic E-state index is 0.125. The summed E-state index contributed by atoms with van der Waals surface area (Å²) < 4.78 is 4.66. The zero-order valence-corrected chi connectivity index (χ0v) is 12.6. The monoisotopic (exact) mass is 311 g/mol. The summed E-state index contributed by atoms with van der Waals surface area (Å²) in [5.74, 6) is -0.505. The normalized spacial score (nSPS) is 15.6. The number of benzene rings is 1. The van der Waals surface area contributed by atoms with Crippen LogP contribution in [0.1, 0.15) is 20.8 Å². The van der Waals surface area contributed by atoms with Gasteiger partial charge in [0.15, 0.2) is 0 Å². The first kappa shape index (κ1) is 14.3. The van der Waals surface area contributed by atoms with Crippen molar-refractivity contribution in [3.05, 3.63) is 69.4 Å². The number of carbonyl (C=O) groups is 2. The van der Waals surface area contributed by atoms with Crippen LogP contribution in [0.2, 0.25) is 0 Å². The Kier molecular flexibility index (Phi) is 3.89. The third-order valence-corrected chi connectivity index (χ3v) is 4.09. The molecule has 0 aliphatic carbocycles. The molecular formula is C17H13NO3S. The predicted octanol–water partition coefficient (Wildman–Crippen LogP) is 3.09. The average molecular weight is 311 g/mol. The zero-order chi connectivity index (χ0) is 15.5. The van der Waals surface area contributed by atoms with E-state index in [0.717, 1.165) is 16.1 Å². The van der Waals surface area contributed by atoms with Crippen molar-refractivity contribution in [3.63, 3.8) is 0 Å². The largest absolute Gasteiger partial charge is 0.465 e. The Morgan fingerprint density at radius 3 is 2.64 bits per heavy atom. The first-order chi connectivity index (χ1) is 10.7. The van der Waals surface area contributed by atoms with Crippen molar-refractivity contribution in [3.8, 4) is 0 Å². The highest BCUT2D eigenvalue weighted by molar-refractivity contribution is 7.10. The molecule has 0 bridgehead atoms. The van der Waals surface area contributed by atoms with Gasteiger partial charge in [0.05, 0.1) is 12.7 Å². The van der Waals surface area contributed by atoms with E-state index in [0.29, 0.717) is 11.1 Å². The van der Waals surface area contributed by atoms with Gasteiger partial charge in [-0.3, -0.25) is 4.79 Å². The van der Waals surface area contributed by atoms with Crippen molar-refractivity contribution in [2.24, 2.45) is 0 Å². The van der Waals surface area contributed by atoms with E-state index >= 15 is 0 Å². The van der Waals surface area contributed by atoms with Gasteiger partial charge in [0.2, 0.25) is 0 Å². The van der Waals surface area contributed by atoms with Crippen molar-refractivity contribution in [1.29, 1.82) is 0 Å². The zero-order valence-electron chi connectivity index (χ0n) is 11.8. The number of rotatable bonds is 3. The molecule has 0 unspecified atom stereocenters. The van der Waals surface area contributed by atoms with Gasteiger partial charge >= 0.3 is 5.97 Å². The van der Waals surface area contributed by atoms with Gasteiger partial charge in [-0.15, -0.1) is 11.3 Å². The second kappa shape index (κ2) is 5.99. The third-order valence-electron chi connectivity index (χ3n) is 3.27. The fourth-order valence-electron chi connectivity index (χ4n) is 2.14. The number of thiophene rings is 1. The standard InChI is InChI=1S/C17H13NO3S/c1-21-17(20)12-6-4-11(5-7-12)15-10-13(16(19)18-15)9-14-3-2-8-22-14/h2-10H,1H3,(H,18,19). The molecule has 0 spiro atoms. The summed E-state index contributed by atoms with van der Waals surface area (Å²) >= 11 is 1.58. The molecule has 1 N–H and O–H groups in total. The Morgan fingerprint density at radius 1 is 1.23 bits per heavy atom. The first-order valence-corrected chi connectivity index (χ1v) is 7.52. The maximum atomic E-state index is 12.0. The summed E-state index contributed by atoms with van der Waals surface area (Å²) in [6.07, 6.45) is 3.67. The molecule has 2 heterocycles. The lowest BCUT2D eigenvalue weighted by Gasteiger charge is -2.04. The van der Waals surface area contributed by atoms with Gasteiger partial charge in [0.1, 0.15) is 0 Å². The third kappa shape index (κ3) is 2.84. The number of hydrogen-bond acceptors (Lipinski definition) is 4. The van der Waals surface area contributed by atoms with Gasteiger partial charge in [-0.1, -0.05) is 18.2 Å². The van der Waals surface area contributed by atoms with Crippen LogP contribution >= 0.6 is 11.3 Å². The van der Waals surface area contributed by atoms with E-state index in [9.17, 15) is 9.59 Å². The number of amides is 1. The fraction of sp³-hybridized carbons (Fsp3) is 0.0588. The molecule has 110 valence electrons. The fourth-order valence-corrected chi connectivity index (χ4v) is 2.81. The molecule has 1 aromatic heterocycles. The van der Waals surface area contributed by atoms with Crippen molar-refractivity contribution in [2.45, 2.75) is 0 Å². The maximum Gasteiger partial charge on any atom is 0.337 e. The number of hydrogen-bond donors (Lipinski definition) is 1. The molecule has 22 heavy (non-hydrogen) atoms. The number of esters is 1. The molecule has 0 radical (unpaired) electrons. The molecular weight excluding hydrogens is 298 g/mol. The summed E-state index contributed by atoms with van der Waals surface area (Å²) in [4.78, 5) is 24.4. The van der Waals surface area contributed by atoms with E-state index in [1.807, 2.05) is 29.7 Å². The Bertz CT molecular complexity index is 771. The number of ether oxygens (including phenoxy) is 1. The van der Waals surface area contributed by atoms with Gasteiger partial charge in [-0.2, -0.15) is 0 Å². The molecule has 4 nitrogen and oxygen atoms in total. The summed E-state index contributed by atoms with van der Waals surface area (Å²) in [7, 11) is 1.34. The molecule has 0 fully saturated rings. The molecule has 0 atom stereocenters. The Morgan fingerprint density at radius 2 is 2.00 bits per heavy atom. The molecule has 1 aliphatic rings. The van der Waals surface area contributed by atoms with Crippen LogP contribution in [0.3, 0.4) is 0 Å². The molecule has 0 saturated heterocycles. The van der Waals surface area contributed by atoms with Crippen LogP contribution in [-0.4, -0.2) is 19.0 Å². The maximum absolute atomic E-state index is 12.0. The van der Waals surface area contributed by atoms with Crippen LogP contribution in [0.4, 0.5) is 0 Å². The highest BCUT2D eigenvalue weighted by Crippen LogP contribution is 2.23. The van der Waals surface area contributed by atoms with Crippen molar-refractivity contribution in [2.75, 3.05) is 7.11 Å². The van der Waals surface area contributed by atoms with E-state index in [1.165, 1.54) is 7.11 Å².